The second kappa shape index (κ2) is 7.49. The van der Waals surface area contributed by atoms with Crippen LogP contribution in [0.5, 0.6) is 0 Å². The highest BCUT2D eigenvalue weighted by Gasteiger charge is 2.42. The number of hydrogen-bond donors (Lipinski definition) is 1. The Kier molecular flexibility index (Phi) is 5.12. The van der Waals surface area contributed by atoms with Gasteiger partial charge in [-0.25, -0.2) is 0 Å². The van der Waals surface area contributed by atoms with Crippen LogP contribution in [-0.4, -0.2) is 35.0 Å². The molecule has 1 aromatic rings. The maximum absolute atomic E-state index is 12.6. The highest BCUT2D eigenvalue weighted by Crippen LogP contribution is 2.39. The zero-order chi connectivity index (χ0) is 17.2. The summed E-state index contributed by atoms with van der Waals surface area (Å²) in [4.78, 5) is 15.5. The number of piperidine rings is 2. The van der Waals surface area contributed by atoms with Gasteiger partial charge in [-0.05, 0) is 57.6 Å². The van der Waals surface area contributed by atoms with Crippen LogP contribution in [0.25, 0.3) is 0 Å². The van der Waals surface area contributed by atoms with E-state index in [1.165, 1.54) is 51.4 Å². The summed E-state index contributed by atoms with van der Waals surface area (Å²) >= 11 is 0. The van der Waals surface area contributed by atoms with E-state index in [1.807, 2.05) is 31.2 Å². The molecule has 2 heterocycles. The number of aryl methyl sites for hydroxylation is 1. The molecular formula is C22H32N2O. The minimum Gasteiger partial charge on any atom is -0.349 e. The molecule has 2 atom stereocenters. The molecule has 3 aliphatic rings. The van der Waals surface area contributed by atoms with Crippen molar-refractivity contribution in [3.05, 3.63) is 35.4 Å². The van der Waals surface area contributed by atoms with Gasteiger partial charge in [-0.2, -0.15) is 0 Å². The number of rotatable bonds is 3. The molecule has 1 aliphatic carbocycles. The first kappa shape index (κ1) is 17.1. The monoisotopic (exact) mass is 340 g/mol. The largest absolute Gasteiger partial charge is 0.349 e. The molecule has 3 fully saturated rings. The average molecular weight is 341 g/mol. The van der Waals surface area contributed by atoms with Crippen LogP contribution < -0.4 is 5.32 Å². The summed E-state index contributed by atoms with van der Waals surface area (Å²) in [6.07, 6.45) is 13.3. The lowest BCUT2D eigenvalue weighted by Crippen LogP contribution is -2.60. The van der Waals surface area contributed by atoms with Gasteiger partial charge in [-0.3, -0.25) is 9.69 Å². The average Bonchev–Trinajstić information content (AvgIpc) is 2.61. The van der Waals surface area contributed by atoms with Gasteiger partial charge >= 0.3 is 0 Å². The standard InChI is InChI=1S/C22H32N2O/c1-16-7-5-8-17(13-16)22(25)23-18-14-20-11-6-12-21(15-18)24(20)19-9-3-2-4-10-19/h5,7-8,13,18-21H,2-4,6,9-12,14-15H2,1H3,(H,23,25)/t20-,21-/m0/s1. The Balaban J connectivity index is 1.41. The van der Waals surface area contributed by atoms with Crippen LogP contribution in [-0.2, 0) is 0 Å². The van der Waals surface area contributed by atoms with Gasteiger partial charge < -0.3 is 5.32 Å². The van der Waals surface area contributed by atoms with Gasteiger partial charge in [0.15, 0.2) is 0 Å². The quantitative estimate of drug-likeness (QED) is 0.882. The highest BCUT2D eigenvalue weighted by molar-refractivity contribution is 5.94. The Morgan fingerprint density at radius 2 is 1.64 bits per heavy atom. The van der Waals surface area contributed by atoms with E-state index in [1.54, 1.807) is 0 Å². The highest BCUT2D eigenvalue weighted by atomic mass is 16.1. The van der Waals surface area contributed by atoms with Gasteiger partial charge in [-0.15, -0.1) is 0 Å². The van der Waals surface area contributed by atoms with Crippen LogP contribution >= 0.6 is 0 Å². The van der Waals surface area contributed by atoms with Crippen LogP contribution in [0.4, 0.5) is 0 Å². The third kappa shape index (κ3) is 3.76. The summed E-state index contributed by atoms with van der Waals surface area (Å²) in [7, 11) is 0. The second-order valence-electron chi connectivity index (χ2n) is 8.49. The molecule has 1 aromatic carbocycles. The Bertz CT molecular complexity index is 594. The summed E-state index contributed by atoms with van der Waals surface area (Å²) in [5.74, 6) is 0.109. The molecule has 0 unspecified atom stereocenters. The van der Waals surface area contributed by atoms with Crippen molar-refractivity contribution in [2.24, 2.45) is 0 Å². The van der Waals surface area contributed by atoms with E-state index in [4.69, 9.17) is 0 Å². The summed E-state index contributed by atoms with van der Waals surface area (Å²) in [5.41, 5.74) is 1.96. The van der Waals surface area contributed by atoms with Crippen LogP contribution in [0.15, 0.2) is 24.3 Å². The normalized spacial score (nSPS) is 30.8. The van der Waals surface area contributed by atoms with Crippen molar-refractivity contribution in [3.8, 4) is 0 Å². The molecular weight excluding hydrogens is 308 g/mol. The van der Waals surface area contributed by atoms with Gasteiger partial charge in [0.05, 0.1) is 0 Å². The Morgan fingerprint density at radius 1 is 0.960 bits per heavy atom. The number of amides is 1. The van der Waals surface area contributed by atoms with Gasteiger partial charge in [0, 0.05) is 29.7 Å². The number of carbonyl (C=O) groups excluding carboxylic acids is 1. The van der Waals surface area contributed by atoms with E-state index < -0.39 is 0 Å². The van der Waals surface area contributed by atoms with E-state index in [0.29, 0.717) is 18.1 Å². The van der Waals surface area contributed by atoms with E-state index in [2.05, 4.69) is 10.2 Å². The molecule has 3 heteroatoms. The number of benzene rings is 1. The molecule has 136 valence electrons. The fourth-order valence-electron chi connectivity index (χ4n) is 5.57. The molecule has 2 aliphatic heterocycles. The fourth-order valence-corrected chi connectivity index (χ4v) is 5.57. The van der Waals surface area contributed by atoms with Crippen molar-refractivity contribution >= 4 is 5.91 Å². The maximum Gasteiger partial charge on any atom is 0.251 e. The summed E-state index contributed by atoms with van der Waals surface area (Å²) in [6.45, 7) is 2.05. The molecule has 1 saturated carbocycles. The molecule has 25 heavy (non-hydrogen) atoms. The van der Waals surface area contributed by atoms with Gasteiger partial charge in [0.1, 0.15) is 0 Å². The summed E-state index contributed by atoms with van der Waals surface area (Å²) in [5, 5.41) is 3.35. The first-order chi connectivity index (χ1) is 12.2. The second-order valence-corrected chi connectivity index (χ2v) is 8.49. The Hall–Kier alpha value is -1.35. The van der Waals surface area contributed by atoms with Gasteiger partial charge in [-0.1, -0.05) is 43.4 Å². The Morgan fingerprint density at radius 3 is 2.32 bits per heavy atom. The number of hydrogen-bond acceptors (Lipinski definition) is 2. The lowest BCUT2D eigenvalue weighted by molar-refractivity contribution is -0.0211. The molecule has 0 aromatic heterocycles. The molecule has 4 rings (SSSR count). The van der Waals surface area contributed by atoms with E-state index in [-0.39, 0.29) is 5.91 Å². The molecule has 0 radical (unpaired) electrons. The molecule has 1 amide bonds. The van der Waals surface area contributed by atoms with E-state index in [0.717, 1.165) is 30.0 Å². The van der Waals surface area contributed by atoms with Gasteiger partial charge in [0.25, 0.3) is 5.91 Å². The number of nitrogens with one attached hydrogen (secondary N) is 1. The molecule has 2 saturated heterocycles. The van der Waals surface area contributed by atoms with Crippen molar-refractivity contribution in [1.82, 2.24) is 10.2 Å². The van der Waals surface area contributed by atoms with Gasteiger partial charge in [0.2, 0.25) is 0 Å². The molecule has 2 bridgehead atoms. The lowest BCUT2D eigenvalue weighted by Gasteiger charge is -2.53. The van der Waals surface area contributed by atoms with E-state index in [9.17, 15) is 4.79 Å². The number of nitrogens with zero attached hydrogens (tertiary/aromatic N) is 1. The first-order valence-electron chi connectivity index (χ1n) is 10.4. The zero-order valence-corrected chi connectivity index (χ0v) is 15.5. The summed E-state index contributed by atoms with van der Waals surface area (Å²) in [6, 6.07) is 10.5. The smallest absolute Gasteiger partial charge is 0.251 e. The van der Waals surface area contributed by atoms with E-state index >= 15 is 0 Å². The molecule has 3 nitrogen and oxygen atoms in total. The van der Waals surface area contributed by atoms with Crippen molar-refractivity contribution < 1.29 is 4.79 Å². The van der Waals surface area contributed by atoms with Crippen LogP contribution in [0.3, 0.4) is 0 Å². The number of carbonyl (C=O) groups is 1. The van der Waals surface area contributed by atoms with Crippen molar-refractivity contribution in [1.29, 1.82) is 0 Å². The maximum atomic E-state index is 12.6. The number of fused-ring (bicyclic) bond motifs is 2. The lowest BCUT2D eigenvalue weighted by atomic mass is 9.78. The minimum atomic E-state index is 0.109. The van der Waals surface area contributed by atoms with Crippen molar-refractivity contribution in [3.63, 3.8) is 0 Å². The van der Waals surface area contributed by atoms with Crippen LogP contribution in [0.2, 0.25) is 0 Å². The Labute approximate surface area is 152 Å². The minimum absolute atomic E-state index is 0.109. The zero-order valence-electron chi connectivity index (χ0n) is 15.5. The molecule has 1 N–H and O–H groups in total. The van der Waals surface area contributed by atoms with Crippen LogP contribution in [0, 0.1) is 6.92 Å². The predicted octanol–water partition coefficient (Wildman–Crippen LogP) is 4.44. The molecule has 0 spiro atoms. The third-order valence-corrected chi connectivity index (χ3v) is 6.64. The summed E-state index contributed by atoms with van der Waals surface area (Å²) < 4.78 is 0. The third-order valence-electron chi connectivity index (χ3n) is 6.64. The van der Waals surface area contributed by atoms with Crippen LogP contribution in [0.1, 0.15) is 80.1 Å². The SMILES string of the molecule is Cc1cccc(C(=O)NC2C[C@@H]3CCC[C@@H](C2)N3C2CCCCC2)c1. The van der Waals surface area contributed by atoms with Crippen molar-refractivity contribution in [2.75, 3.05) is 0 Å². The fraction of sp³-hybridized carbons (Fsp3) is 0.682. The predicted molar refractivity (Wildman–Crippen MR) is 102 cm³/mol. The van der Waals surface area contributed by atoms with Crippen molar-refractivity contribution in [2.45, 2.75) is 95.3 Å². The first-order valence-corrected chi connectivity index (χ1v) is 10.4. The topological polar surface area (TPSA) is 32.3 Å².